The van der Waals surface area contributed by atoms with Crippen LogP contribution in [0, 0.1) is 14.9 Å². The monoisotopic (exact) mass is 450 g/mol. The molecule has 7 heteroatoms. The summed E-state index contributed by atoms with van der Waals surface area (Å²) < 4.78 is 34.4. The smallest absolute Gasteiger partial charge is 0.357 e. The van der Waals surface area contributed by atoms with Gasteiger partial charge < -0.3 is 4.74 Å². The van der Waals surface area contributed by atoms with E-state index in [9.17, 15) is 13.6 Å². The van der Waals surface area contributed by atoms with Gasteiger partial charge in [0.2, 0.25) is 5.92 Å². The molecule has 1 aromatic heterocycles. The lowest BCUT2D eigenvalue weighted by Crippen LogP contribution is -2.55. The van der Waals surface area contributed by atoms with E-state index in [1.54, 1.807) is 11.6 Å². The fourth-order valence-corrected chi connectivity index (χ4v) is 5.91. The van der Waals surface area contributed by atoms with Crippen LogP contribution in [-0.2, 0) is 16.7 Å². The minimum absolute atomic E-state index is 0.123. The first-order chi connectivity index (χ1) is 11.2. The van der Waals surface area contributed by atoms with Crippen LogP contribution in [0.4, 0.5) is 8.78 Å². The van der Waals surface area contributed by atoms with E-state index in [0.717, 1.165) is 34.4 Å². The topological polar surface area (TPSA) is 44.1 Å². The molecule has 2 bridgehead atoms. The van der Waals surface area contributed by atoms with Gasteiger partial charge in [0, 0.05) is 24.8 Å². The van der Waals surface area contributed by atoms with Gasteiger partial charge in [-0.3, -0.25) is 4.68 Å². The standard InChI is InChI=1S/C17H21F2IN2O2/c1-3-24-14(23)12-11(20)13(16-4-10(5-16)6-16)21-22(12)9-15(2)7-17(18,19)8-15/h10H,3-9H2,1-2H3. The number of nitrogens with zero attached hydrogens (tertiary/aromatic N) is 2. The number of aromatic nitrogens is 2. The minimum Gasteiger partial charge on any atom is -0.461 e. The lowest BCUT2D eigenvalue weighted by molar-refractivity contribution is -0.160. The number of carbonyl (C=O) groups excluding carboxylic acids is 1. The summed E-state index contributed by atoms with van der Waals surface area (Å²) in [5, 5.41) is 4.72. The molecule has 24 heavy (non-hydrogen) atoms. The number of halogens is 3. The van der Waals surface area contributed by atoms with E-state index < -0.39 is 17.3 Å². The van der Waals surface area contributed by atoms with Gasteiger partial charge in [0.25, 0.3) is 0 Å². The Hall–Kier alpha value is -0.730. The summed E-state index contributed by atoms with van der Waals surface area (Å²) in [7, 11) is 0. The molecule has 4 nitrogen and oxygen atoms in total. The maximum absolute atomic E-state index is 13.3. The average Bonchev–Trinajstić information content (AvgIpc) is 2.60. The molecule has 0 atom stereocenters. The molecule has 0 saturated heterocycles. The summed E-state index contributed by atoms with van der Waals surface area (Å²) in [4.78, 5) is 12.4. The number of rotatable bonds is 5. The largest absolute Gasteiger partial charge is 0.461 e. The van der Waals surface area contributed by atoms with Gasteiger partial charge in [0.05, 0.1) is 15.9 Å². The van der Waals surface area contributed by atoms with Gasteiger partial charge in [-0.15, -0.1) is 0 Å². The fourth-order valence-electron chi connectivity index (χ4n) is 4.73. The van der Waals surface area contributed by atoms with Gasteiger partial charge in [-0.05, 0) is 60.1 Å². The van der Waals surface area contributed by atoms with E-state index in [0.29, 0.717) is 12.2 Å². The van der Waals surface area contributed by atoms with Crippen molar-refractivity contribution in [2.24, 2.45) is 11.3 Å². The van der Waals surface area contributed by atoms with Gasteiger partial charge in [-0.25, -0.2) is 13.6 Å². The highest BCUT2D eigenvalue weighted by molar-refractivity contribution is 14.1. The van der Waals surface area contributed by atoms with Crippen molar-refractivity contribution >= 4 is 28.6 Å². The van der Waals surface area contributed by atoms with Gasteiger partial charge in [-0.1, -0.05) is 6.92 Å². The Bertz CT molecular complexity index is 691. The SMILES string of the molecule is CCOC(=O)c1c(I)c(C23CC(C2)C3)nn1CC1(C)CC(F)(F)C1. The molecule has 0 spiro atoms. The summed E-state index contributed by atoms with van der Waals surface area (Å²) in [6, 6.07) is 0. The van der Waals surface area contributed by atoms with Crippen LogP contribution in [0.5, 0.6) is 0 Å². The Morgan fingerprint density at radius 3 is 2.46 bits per heavy atom. The average molecular weight is 450 g/mol. The molecule has 0 amide bonds. The van der Waals surface area contributed by atoms with Crippen molar-refractivity contribution in [3.63, 3.8) is 0 Å². The first kappa shape index (κ1) is 16.7. The maximum Gasteiger partial charge on any atom is 0.357 e. The molecule has 0 unspecified atom stereocenters. The first-order valence-corrected chi connectivity index (χ1v) is 9.57. The van der Waals surface area contributed by atoms with Crippen LogP contribution >= 0.6 is 22.6 Å². The molecule has 5 rings (SSSR count). The van der Waals surface area contributed by atoms with Crippen molar-refractivity contribution in [3.05, 3.63) is 15.0 Å². The highest BCUT2D eigenvalue weighted by Gasteiger charge is 2.60. The zero-order chi connectivity index (χ0) is 17.3. The molecule has 4 saturated carbocycles. The highest BCUT2D eigenvalue weighted by Crippen LogP contribution is 2.65. The third-order valence-electron chi connectivity index (χ3n) is 5.81. The van der Waals surface area contributed by atoms with Gasteiger partial charge in [0.1, 0.15) is 0 Å². The molecular formula is C17H21F2IN2O2. The molecule has 4 fully saturated rings. The van der Waals surface area contributed by atoms with Crippen molar-refractivity contribution in [3.8, 4) is 0 Å². The van der Waals surface area contributed by atoms with Crippen molar-refractivity contribution in [2.75, 3.05) is 6.61 Å². The number of ether oxygens (including phenoxy) is 1. The van der Waals surface area contributed by atoms with E-state index in [2.05, 4.69) is 22.6 Å². The highest BCUT2D eigenvalue weighted by atomic mass is 127. The zero-order valence-electron chi connectivity index (χ0n) is 13.9. The predicted octanol–water partition coefficient (Wildman–Crippen LogP) is 4.15. The molecule has 132 valence electrons. The molecule has 1 aromatic rings. The minimum atomic E-state index is -2.59. The Morgan fingerprint density at radius 2 is 2.00 bits per heavy atom. The van der Waals surface area contributed by atoms with Gasteiger partial charge >= 0.3 is 5.97 Å². The molecule has 0 aromatic carbocycles. The molecule has 0 aliphatic heterocycles. The summed E-state index contributed by atoms with van der Waals surface area (Å²) in [5.41, 5.74) is 1.02. The van der Waals surface area contributed by atoms with E-state index in [4.69, 9.17) is 9.84 Å². The van der Waals surface area contributed by atoms with E-state index in [1.165, 1.54) is 0 Å². The van der Waals surface area contributed by atoms with Crippen molar-refractivity contribution in [1.82, 2.24) is 9.78 Å². The lowest BCUT2D eigenvalue weighted by Gasteiger charge is -2.61. The fraction of sp³-hybridized carbons (Fsp3) is 0.765. The summed E-state index contributed by atoms with van der Waals surface area (Å²) in [5.74, 6) is -2.18. The van der Waals surface area contributed by atoms with Crippen molar-refractivity contribution in [1.29, 1.82) is 0 Å². The van der Waals surface area contributed by atoms with Crippen LogP contribution in [0.15, 0.2) is 0 Å². The molecular weight excluding hydrogens is 429 g/mol. The Balaban J connectivity index is 1.66. The third-order valence-corrected chi connectivity index (χ3v) is 6.83. The van der Waals surface area contributed by atoms with Crippen LogP contribution < -0.4 is 0 Å². The summed E-state index contributed by atoms with van der Waals surface area (Å²) >= 11 is 2.18. The predicted molar refractivity (Wildman–Crippen MR) is 92.2 cm³/mol. The molecule has 0 N–H and O–H groups in total. The third kappa shape index (κ3) is 2.41. The van der Waals surface area contributed by atoms with Crippen LogP contribution in [0.3, 0.4) is 0 Å². The summed E-state index contributed by atoms with van der Waals surface area (Å²) in [6.07, 6.45) is 3.11. The quantitative estimate of drug-likeness (QED) is 0.500. The number of alkyl halides is 2. The second kappa shape index (κ2) is 5.14. The van der Waals surface area contributed by atoms with Crippen molar-refractivity contribution in [2.45, 2.75) is 63.8 Å². The number of hydrogen-bond acceptors (Lipinski definition) is 3. The Kier molecular flexibility index (Phi) is 3.58. The molecule has 4 aliphatic rings. The molecule has 4 aliphatic carbocycles. The zero-order valence-corrected chi connectivity index (χ0v) is 16.0. The van der Waals surface area contributed by atoms with Crippen molar-refractivity contribution < 1.29 is 18.3 Å². The Morgan fingerprint density at radius 1 is 1.38 bits per heavy atom. The second-order valence-electron chi connectivity index (χ2n) is 8.17. The van der Waals surface area contributed by atoms with E-state index >= 15 is 0 Å². The van der Waals surface area contributed by atoms with E-state index in [1.807, 2.05) is 6.92 Å². The van der Waals surface area contributed by atoms with Crippen LogP contribution in [-0.4, -0.2) is 28.3 Å². The molecule has 1 heterocycles. The van der Waals surface area contributed by atoms with E-state index in [-0.39, 0.29) is 24.9 Å². The molecule has 0 radical (unpaired) electrons. The lowest BCUT2D eigenvalue weighted by atomic mass is 9.43. The number of hydrogen-bond donors (Lipinski definition) is 0. The Labute approximate surface area is 153 Å². The van der Waals surface area contributed by atoms with Gasteiger partial charge in [-0.2, -0.15) is 5.10 Å². The number of carbonyl (C=O) groups is 1. The number of esters is 1. The maximum atomic E-state index is 13.3. The first-order valence-electron chi connectivity index (χ1n) is 8.49. The van der Waals surface area contributed by atoms with Crippen LogP contribution in [0.2, 0.25) is 0 Å². The second-order valence-corrected chi connectivity index (χ2v) is 9.25. The van der Waals surface area contributed by atoms with Crippen LogP contribution in [0.1, 0.15) is 62.1 Å². The normalized spacial score (nSPS) is 31.6. The van der Waals surface area contributed by atoms with Gasteiger partial charge in [0.15, 0.2) is 5.69 Å². The van der Waals surface area contributed by atoms with Crippen LogP contribution in [0.25, 0.3) is 0 Å². The summed E-state index contributed by atoms with van der Waals surface area (Å²) in [6.45, 7) is 4.24.